The van der Waals surface area contributed by atoms with E-state index in [0.29, 0.717) is 48.1 Å². The van der Waals surface area contributed by atoms with E-state index in [1.54, 1.807) is 22.9 Å². The van der Waals surface area contributed by atoms with Crippen molar-refractivity contribution < 1.29 is 4.79 Å². The van der Waals surface area contributed by atoms with Gasteiger partial charge in [-0.2, -0.15) is 0 Å². The van der Waals surface area contributed by atoms with Crippen molar-refractivity contribution in [3.63, 3.8) is 0 Å². The van der Waals surface area contributed by atoms with E-state index >= 15 is 0 Å². The molecule has 2 aromatic heterocycles. The van der Waals surface area contributed by atoms with E-state index in [1.807, 2.05) is 6.92 Å². The molecule has 27 heavy (non-hydrogen) atoms. The maximum absolute atomic E-state index is 12.9. The summed E-state index contributed by atoms with van der Waals surface area (Å²) in [7, 11) is 0. The Bertz CT molecular complexity index is 1020. The van der Waals surface area contributed by atoms with E-state index in [-0.39, 0.29) is 23.6 Å². The van der Waals surface area contributed by atoms with Gasteiger partial charge in [-0.1, -0.05) is 18.5 Å². The topological polar surface area (TPSA) is 86.3 Å². The van der Waals surface area contributed by atoms with Crippen LogP contribution in [0.4, 0.5) is 5.82 Å². The molecule has 0 fully saturated rings. The fourth-order valence-corrected chi connectivity index (χ4v) is 3.30. The second-order valence-electron chi connectivity index (χ2n) is 6.60. The van der Waals surface area contributed by atoms with Crippen LogP contribution in [-0.4, -0.2) is 25.6 Å². The lowest BCUT2D eigenvalue weighted by Gasteiger charge is -2.13. The minimum atomic E-state index is -0.372. The first-order valence-electron chi connectivity index (χ1n) is 8.97. The number of ketones is 1. The number of halogens is 1. The average molecular weight is 389 g/mol. The molecule has 2 aromatic rings. The van der Waals surface area contributed by atoms with Crippen LogP contribution in [0.5, 0.6) is 0 Å². The van der Waals surface area contributed by atoms with E-state index < -0.39 is 0 Å². The van der Waals surface area contributed by atoms with Gasteiger partial charge in [0.25, 0.3) is 5.56 Å². The molecule has 1 aliphatic rings. The van der Waals surface area contributed by atoms with Gasteiger partial charge in [0.05, 0.1) is 11.3 Å². The first-order chi connectivity index (χ1) is 12.9. The third-order valence-corrected chi connectivity index (χ3v) is 4.72. The molecule has 3 rings (SSSR count). The zero-order valence-corrected chi connectivity index (χ0v) is 16.1. The second kappa shape index (κ2) is 8.00. The molecule has 0 radical (unpaired) electrons. The largest absolute Gasteiger partial charge is 0.332 e. The van der Waals surface area contributed by atoms with Crippen molar-refractivity contribution in [1.29, 1.82) is 0 Å². The van der Waals surface area contributed by atoms with Crippen molar-refractivity contribution in [2.24, 2.45) is 4.99 Å². The summed E-state index contributed by atoms with van der Waals surface area (Å²) in [6.07, 6.45) is 3.50. The average Bonchev–Trinajstić information content (AvgIpc) is 3.07. The Morgan fingerprint density at radius 2 is 2.00 bits per heavy atom. The van der Waals surface area contributed by atoms with Crippen LogP contribution < -0.4 is 11.2 Å². The van der Waals surface area contributed by atoms with E-state index in [1.165, 1.54) is 11.5 Å². The van der Waals surface area contributed by atoms with Gasteiger partial charge in [0.15, 0.2) is 0 Å². The van der Waals surface area contributed by atoms with Gasteiger partial charge >= 0.3 is 5.69 Å². The lowest BCUT2D eigenvalue weighted by Crippen LogP contribution is -2.41. The summed E-state index contributed by atoms with van der Waals surface area (Å²) in [4.78, 5) is 45.6. The van der Waals surface area contributed by atoms with Crippen LogP contribution in [0.25, 0.3) is 0 Å². The predicted molar refractivity (Wildman–Crippen MR) is 104 cm³/mol. The van der Waals surface area contributed by atoms with E-state index in [4.69, 9.17) is 11.6 Å². The van der Waals surface area contributed by atoms with Gasteiger partial charge < -0.3 is 4.79 Å². The number of Topliss-reactive ketones (excluding diaryl/α,β-unsaturated/α-hetero) is 1. The number of fused-ring (bicyclic) bond motifs is 1. The fourth-order valence-electron chi connectivity index (χ4n) is 3.18. The number of hydrogen-bond acceptors (Lipinski definition) is 5. The molecule has 0 unspecified atom stereocenters. The maximum atomic E-state index is 12.9. The normalized spacial score (nSPS) is 12.8. The van der Waals surface area contributed by atoms with Gasteiger partial charge in [-0.05, 0) is 31.9 Å². The smallest absolute Gasteiger partial charge is 0.300 e. The number of hydrogen-bond donors (Lipinski definition) is 0. The summed E-state index contributed by atoms with van der Waals surface area (Å²) >= 11 is 5.84. The molecule has 0 spiro atoms. The second-order valence-corrected chi connectivity index (χ2v) is 6.99. The minimum absolute atomic E-state index is 0.0407. The number of aromatic nitrogens is 3. The van der Waals surface area contributed by atoms with Crippen LogP contribution in [0.3, 0.4) is 0 Å². The van der Waals surface area contributed by atoms with Crippen molar-refractivity contribution >= 4 is 28.9 Å². The molecule has 0 bridgehead atoms. The van der Waals surface area contributed by atoms with Crippen molar-refractivity contribution in [3.8, 4) is 0 Å². The van der Waals surface area contributed by atoms with Crippen LogP contribution in [0.15, 0.2) is 32.9 Å². The number of nitrogens with zero attached hydrogens (tertiary/aromatic N) is 4. The molecule has 0 N–H and O–H groups in total. The monoisotopic (exact) mass is 388 g/mol. The molecule has 0 aromatic carbocycles. The highest BCUT2D eigenvalue weighted by Crippen LogP contribution is 2.25. The van der Waals surface area contributed by atoms with Crippen LogP contribution in [0.1, 0.15) is 44.2 Å². The highest BCUT2D eigenvalue weighted by atomic mass is 35.5. The predicted octanol–water partition coefficient (Wildman–Crippen LogP) is 2.51. The van der Waals surface area contributed by atoms with Gasteiger partial charge in [0, 0.05) is 37.7 Å². The summed E-state index contributed by atoms with van der Waals surface area (Å²) in [6, 6.07) is 3.47. The summed E-state index contributed by atoms with van der Waals surface area (Å²) in [6.45, 7) is 4.17. The molecule has 142 valence electrons. The summed E-state index contributed by atoms with van der Waals surface area (Å²) < 4.78 is 2.79. The Hall–Kier alpha value is -2.54. The van der Waals surface area contributed by atoms with Gasteiger partial charge in [0.1, 0.15) is 16.8 Å². The van der Waals surface area contributed by atoms with Gasteiger partial charge in [-0.25, -0.2) is 14.8 Å². The molecule has 0 saturated carbocycles. The van der Waals surface area contributed by atoms with Crippen LogP contribution in [0.2, 0.25) is 5.15 Å². The Labute approximate surface area is 161 Å². The Morgan fingerprint density at radius 1 is 1.22 bits per heavy atom. The fraction of sp³-hybridized carbons (Fsp3) is 0.421. The SMILES string of the molecule is CCCn1c2c(c(=O)n(CCCC(C)=O)c1=O)CC(c1ccc(Cl)nc1)=N2. The van der Waals surface area contributed by atoms with Crippen LogP contribution >= 0.6 is 11.6 Å². The number of rotatable bonds is 7. The van der Waals surface area contributed by atoms with Crippen LogP contribution in [0, 0.1) is 0 Å². The molecule has 0 saturated heterocycles. The van der Waals surface area contributed by atoms with Crippen molar-refractivity contribution in [2.75, 3.05) is 0 Å². The first-order valence-corrected chi connectivity index (χ1v) is 9.35. The Kier molecular flexibility index (Phi) is 5.70. The number of carbonyl (C=O) groups is 1. The standard InChI is InChI=1S/C19H21ClN4O3/c1-3-8-23-17-14(10-15(22-17)13-6-7-16(20)21-11-13)18(26)24(19(23)27)9-4-5-12(2)25/h6-7,11H,3-5,8-10H2,1-2H3. The summed E-state index contributed by atoms with van der Waals surface area (Å²) in [5, 5.41) is 0.380. The van der Waals surface area contributed by atoms with E-state index in [2.05, 4.69) is 9.98 Å². The molecular weight excluding hydrogens is 368 g/mol. The quantitative estimate of drug-likeness (QED) is 0.682. The number of carbonyl (C=O) groups excluding carboxylic acids is 1. The van der Waals surface area contributed by atoms with Gasteiger partial charge in [-0.15, -0.1) is 0 Å². The lowest BCUT2D eigenvalue weighted by atomic mass is 10.1. The molecule has 1 aliphatic heterocycles. The molecule has 7 nitrogen and oxygen atoms in total. The summed E-state index contributed by atoms with van der Waals surface area (Å²) in [5.74, 6) is 0.471. The summed E-state index contributed by atoms with van der Waals surface area (Å²) in [5.41, 5.74) is 1.27. The molecule has 0 amide bonds. The number of aliphatic imine (C=N–C) groups is 1. The van der Waals surface area contributed by atoms with Crippen LogP contribution in [-0.2, 0) is 24.3 Å². The van der Waals surface area contributed by atoms with Crippen molar-refractivity contribution in [2.45, 2.75) is 52.6 Å². The number of pyridine rings is 1. The molecular formula is C19H21ClN4O3. The Morgan fingerprint density at radius 3 is 2.63 bits per heavy atom. The highest BCUT2D eigenvalue weighted by molar-refractivity contribution is 6.29. The molecule has 8 heteroatoms. The minimum Gasteiger partial charge on any atom is -0.300 e. The van der Waals surface area contributed by atoms with Gasteiger partial charge in [-0.3, -0.25) is 13.9 Å². The van der Waals surface area contributed by atoms with Crippen molar-refractivity contribution in [3.05, 3.63) is 55.4 Å². The maximum Gasteiger partial charge on any atom is 0.332 e. The molecule has 0 aliphatic carbocycles. The van der Waals surface area contributed by atoms with Gasteiger partial charge in [0.2, 0.25) is 0 Å². The highest BCUT2D eigenvalue weighted by Gasteiger charge is 2.25. The molecule has 3 heterocycles. The third kappa shape index (κ3) is 3.93. The van der Waals surface area contributed by atoms with Crippen molar-refractivity contribution in [1.82, 2.24) is 14.1 Å². The Balaban J connectivity index is 2.03. The lowest BCUT2D eigenvalue weighted by molar-refractivity contribution is -0.117. The van der Waals surface area contributed by atoms with E-state index in [0.717, 1.165) is 12.0 Å². The van der Waals surface area contributed by atoms with E-state index in [9.17, 15) is 14.4 Å². The zero-order chi connectivity index (χ0) is 19.6. The third-order valence-electron chi connectivity index (χ3n) is 4.49. The molecule has 0 atom stereocenters. The first kappa shape index (κ1) is 19.2. The zero-order valence-electron chi connectivity index (χ0n) is 15.4.